The number of hydrogen-bond acceptors (Lipinski definition) is 9. The molecule has 0 spiro atoms. The number of phenolic OH excluding ortho intramolecular Hbond substituents is 1. The third-order valence-electron chi connectivity index (χ3n) is 9.51. The number of carbonyl (C=O) groups excluding carboxylic acids is 3. The number of aliphatic hydroxyl groups excluding tert-OH is 2. The molecule has 0 aromatic heterocycles. The van der Waals surface area contributed by atoms with Crippen LogP contribution in [-0.4, -0.2) is 67.5 Å². The van der Waals surface area contributed by atoms with Crippen molar-refractivity contribution in [3.8, 4) is 5.75 Å². The summed E-state index contributed by atoms with van der Waals surface area (Å²) in [5, 5.41) is 44.2. The summed E-state index contributed by atoms with van der Waals surface area (Å²) in [6, 6.07) is 9.91. The van der Waals surface area contributed by atoms with Crippen molar-refractivity contribution in [1.29, 1.82) is 0 Å². The lowest BCUT2D eigenvalue weighted by Crippen LogP contribution is -2.65. The van der Waals surface area contributed by atoms with Gasteiger partial charge in [0.1, 0.15) is 28.7 Å². The molecule has 1 aliphatic heterocycles. The van der Waals surface area contributed by atoms with Gasteiger partial charge >= 0.3 is 0 Å². The Balaban J connectivity index is 1.32. The summed E-state index contributed by atoms with van der Waals surface area (Å²) < 4.78 is 16.0. The molecule has 2 aromatic rings. The van der Waals surface area contributed by atoms with E-state index in [0.717, 1.165) is 25.9 Å². The zero-order valence-corrected chi connectivity index (χ0v) is 22.7. The normalized spacial score (nSPS) is 28.4. The number of Topliss-reactive ketones (excluding diaryl/α,β-unsaturated/α-hetero) is 2. The summed E-state index contributed by atoms with van der Waals surface area (Å²) in [6.07, 6.45) is 1.51. The number of nitrogens with two attached hydrogens (primary N) is 2. The number of piperidine rings is 1. The Kier molecular flexibility index (Phi) is 6.71. The monoisotopic (exact) mass is 577 g/mol. The topological polar surface area (TPSA) is 187 Å². The van der Waals surface area contributed by atoms with Gasteiger partial charge in [-0.3, -0.25) is 19.3 Å². The predicted molar refractivity (Wildman–Crippen MR) is 148 cm³/mol. The highest BCUT2D eigenvalue weighted by molar-refractivity contribution is 6.24. The molecular formula is C31H32FN3O7. The second kappa shape index (κ2) is 10.0. The molecule has 2 fully saturated rings. The van der Waals surface area contributed by atoms with Gasteiger partial charge in [-0.15, -0.1) is 0 Å². The highest BCUT2D eigenvalue weighted by atomic mass is 19.1. The van der Waals surface area contributed by atoms with Gasteiger partial charge in [0, 0.05) is 29.2 Å². The quantitative estimate of drug-likeness (QED) is 0.295. The first-order valence-electron chi connectivity index (χ1n) is 14.0. The molecule has 220 valence electrons. The van der Waals surface area contributed by atoms with Gasteiger partial charge in [0.2, 0.25) is 5.78 Å². The van der Waals surface area contributed by atoms with E-state index in [4.69, 9.17) is 11.5 Å². The fraction of sp³-hybridized carbons (Fsp3) is 0.387. The number of fused-ring (bicyclic) bond motifs is 3. The lowest BCUT2D eigenvalue weighted by Gasteiger charge is -2.48. The van der Waals surface area contributed by atoms with Gasteiger partial charge in [-0.05, 0) is 62.2 Å². The van der Waals surface area contributed by atoms with Gasteiger partial charge in [0.05, 0.1) is 11.6 Å². The van der Waals surface area contributed by atoms with Crippen molar-refractivity contribution in [1.82, 2.24) is 4.90 Å². The molecule has 3 aliphatic carbocycles. The lowest BCUT2D eigenvalue weighted by molar-refractivity contribution is -0.149. The fourth-order valence-corrected chi connectivity index (χ4v) is 7.33. The summed E-state index contributed by atoms with van der Waals surface area (Å²) in [6.45, 7) is 1.71. The fourth-order valence-electron chi connectivity index (χ4n) is 7.33. The van der Waals surface area contributed by atoms with Crippen molar-refractivity contribution < 1.29 is 39.2 Å². The van der Waals surface area contributed by atoms with E-state index in [1.54, 1.807) is 0 Å². The molecule has 1 amide bonds. The molecule has 0 unspecified atom stereocenters. The first-order chi connectivity index (χ1) is 19.9. The van der Waals surface area contributed by atoms with Crippen LogP contribution in [0.4, 0.5) is 4.39 Å². The van der Waals surface area contributed by atoms with E-state index < -0.39 is 69.6 Å². The number of likely N-dealkylation sites (tertiary alicyclic amines) is 1. The number of halogens is 1. The Bertz CT molecular complexity index is 1580. The number of benzene rings is 2. The van der Waals surface area contributed by atoms with Crippen molar-refractivity contribution in [2.24, 2.45) is 23.3 Å². The first kappa shape index (κ1) is 28.1. The summed E-state index contributed by atoms with van der Waals surface area (Å²) in [7, 11) is 0. The first-order valence-corrected chi connectivity index (χ1v) is 14.0. The van der Waals surface area contributed by atoms with Crippen LogP contribution in [0.2, 0.25) is 0 Å². The number of carbonyl (C=O) groups is 3. The van der Waals surface area contributed by atoms with Gasteiger partial charge in [-0.2, -0.15) is 0 Å². The van der Waals surface area contributed by atoms with E-state index in [1.807, 2.05) is 18.2 Å². The van der Waals surface area contributed by atoms with Gasteiger partial charge in [0.15, 0.2) is 11.4 Å². The zero-order chi connectivity index (χ0) is 30.1. The van der Waals surface area contributed by atoms with E-state index in [2.05, 4.69) is 17.0 Å². The smallest absolute Gasteiger partial charge is 0.255 e. The molecule has 8 N–H and O–H groups in total. The van der Waals surface area contributed by atoms with E-state index in [-0.39, 0.29) is 41.6 Å². The number of primary amides is 1. The molecule has 6 rings (SSSR count). The SMILES string of the molecule is NC(=O)C1=C(O)[C@@]2(O)C(=O)C3=C(O)c4c(O)cc(CN5CCC(c6ccccc6)CC5)c(F)c4C[C@H]3C[C@H]2[C@H](N)C1=O. The number of aliphatic hydroxyl groups is 3. The van der Waals surface area contributed by atoms with Crippen molar-refractivity contribution in [2.75, 3.05) is 13.1 Å². The number of nitrogens with zero attached hydrogens (tertiary/aromatic N) is 1. The number of aromatic hydroxyl groups is 1. The van der Waals surface area contributed by atoms with Crippen LogP contribution in [-0.2, 0) is 27.3 Å². The Hall–Kier alpha value is -4.06. The zero-order valence-electron chi connectivity index (χ0n) is 22.7. The maximum absolute atomic E-state index is 16.0. The molecule has 4 atom stereocenters. The summed E-state index contributed by atoms with van der Waals surface area (Å²) in [4.78, 5) is 40.3. The van der Waals surface area contributed by atoms with E-state index in [1.165, 1.54) is 11.6 Å². The van der Waals surface area contributed by atoms with Gasteiger partial charge in [-0.1, -0.05) is 30.3 Å². The third-order valence-corrected chi connectivity index (χ3v) is 9.51. The minimum atomic E-state index is -2.80. The molecule has 42 heavy (non-hydrogen) atoms. The largest absolute Gasteiger partial charge is 0.508 e. The Morgan fingerprint density at radius 1 is 1.07 bits per heavy atom. The van der Waals surface area contributed by atoms with Crippen LogP contribution in [0.1, 0.15) is 47.4 Å². The molecule has 1 saturated heterocycles. The van der Waals surface area contributed by atoms with Crippen molar-refractivity contribution in [3.63, 3.8) is 0 Å². The van der Waals surface area contributed by atoms with Crippen LogP contribution in [0.3, 0.4) is 0 Å². The van der Waals surface area contributed by atoms with Gasteiger partial charge in [0.25, 0.3) is 5.91 Å². The van der Waals surface area contributed by atoms with Crippen molar-refractivity contribution in [3.05, 3.63) is 81.4 Å². The number of phenols is 1. The van der Waals surface area contributed by atoms with Crippen LogP contribution >= 0.6 is 0 Å². The lowest BCUT2D eigenvalue weighted by atomic mass is 9.58. The minimum Gasteiger partial charge on any atom is -0.508 e. The minimum absolute atomic E-state index is 0.0157. The summed E-state index contributed by atoms with van der Waals surface area (Å²) >= 11 is 0. The van der Waals surface area contributed by atoms with Crippen LogP contribution in [0.5, 0.6) is 5.75 Å². The molecule has 1 saturated carbocycles. The average molecular weight is 578 g/mol. The predicted octanol–water partition coefficient (Wildman–Crippen LogP) is 1.88. The number of ketones is 2. The van der Waals surface area contributed by atoms with Crippen molar-refractivity contribution >= 4 is 23.2 Å². The van der Waals surface area contributed by atoms with E-state index >= 15 is 4.39 Å². The van der Waals surface area contributed by atoms with Crippen molar-refractivity contribution in [2.45, 2.75) is 49.8 Å². The number of amides is 1. The Labute approximate surface area is 240 Å². The molecule has 1 heterocycles. The molecule has 0 bridgehead atoms. The highest BCUT2D eigenvalue weighted by Crippen LogP contribution is 2.52. The standard InChI is InChI=1S/C31H32FN3O7/c32-24-17(13-35-8-6-15(7-9-35)14-4-2-1-3-5-14)12-20(36)22-18(24)10-16-11-19-25(33)27(38)23(30(34)41)29(40)31(19,42)28(39)21(16)26(22)37/h1-5,12,15-16,19,25,36-37,40,42H,6-11,13,33H2,(H2,34,41)/t16-,19-,25-,31-/m0/s1. The number of rotatable bonds is 4. The molecule has 11 heteroatoms. The highest BCUT2D eigenvalue weighted by Gasteiger charge is 2.63. The summed E-state index contributed by atoms with van der Waals surface area (Å²) in [5.74, 6) is -8.37. The van der Waals surface area contributed by atoms with E-state index in [0.29, 0.717) is 5.92 Å². The molecule has 10 nitrogen and oxygen atoms in total. The molecular weight excluding hydrogens is 545 g/mol. The van der Waals surface area contributed by atoms with Crippen LogP contribution < -0.4 is 11.5 Å². The molecule has 4 aliphatic rings. The second-order valence-corrected chi connectivity index (χ2v) is 11.8. The maximum Gasteiger partial charge on any atom is 0.255 e. The van der Waals surface area contributed by atoms with E-state index in [9.17, 15) is 34.8 Å². The maximum atomic E-state index is 16.0. The average Bonchev–Trinajstić information content (AvgIpc) is 2.96. The number of hydrogen-bond donors (Lipinski definition) is 6. The van der Waals surface area contributed by atoms with Gasteiger partial charge in [-0.25, -0.2) is 4.39 Å². The van der Waals surface area contributed by atoms with Crippen LogP contribution in [0.25, 0.3) is 5.76 Å². The summed E-state index contributed by atoms with van der Waals surface area (Å²) in [5.41, 5.74) is 8.40. The van der Waals surface area contributed by atoms with Gasteiger partial charge < -0.3 is 31.9 Å². The molecule has 2 aromatic carbocycles. The van der Waals surface area contributed by atoms with Crippen LogP contribution in [0, 0.1) is 17.7 Å². The molecule has 0 radical (unpaired) electrons. The Morgan fingerprint density at radius 3 is 2.38 bits per heavy atom. The third kappa shape index (κ3) is 4.06. The Morgan fingerprint density at radius 2 is 1.74 bits per heavy atom. The van der Waals surface area contributed by atoms with Crippen LogP contribution in [0.15, 0.2) is 53.3 Å². The second-order valence-electron chi connectivity index (χ2n) is 11.8.